The number of aromatic hydroxyl groups is 1. The van der Waals surface area contributed by atoms with Gasteiger partial charge in [-0.25, -0.2) is 8.42 Å². The van der Waals surface area contributed by atoms with Gasteiger partial charge in [0.25, 0.3) is 10.0 Å². The van der Waals surface area contributed by atoms with Crippen molar-refractivity contribution in [3.8, 4) is 5.75 Å². The molecule has 0 atom stereocenters. The van der Waals surface area contributed by atoms with Gasteiger partial charge in [-0.2, -0.15) is 17.9 Å². The molecule has 2 rings (SSSR count). The first-order valence-corrected chi connectivity index (χ1v) is 8.08. The Morgan fingerprint density at radius 2 is 2.00 bits per heavy atom. The van der Waals surface area contributed by atoms with E-state index in [0.717, 1.165) is 16.9 Å². The molecule has 0 radical (unpaired) electrons. The van der Waals surface area contributed by atoms with Crippen LogP contribution in [0.25, 0.3) is 0 Å². The number of aromatic nitrogens is 2. The number of hydrogen-bond donors (Lipinski definition) is 2. The van der Waals surface area contributed by atoms with Gasteiger partial charge in [0.1, 0.15) is 5.75 Å². The highest BCUT2D eigenvalue weighted by molar-refractivity contribution is 7.92. The van der Waals surface area contributed by atoms with Gasteiger partial charge in [-0.1, -0.05) is 0 Å². The number of aryl methyl sites for hydroxylation is 1. The minimum Gasteiger partial charge on any atom is -0.508 e. The molecule has 136 valence electrons. The second-order valence-electron chi connectivity index (χ2n) is 4.80. The van der Waals surface area contributed by atoms with Crippen molar-refractivity contribution in [2.24, 2.45) is 0 Å². The number of nitrogens with one attached hydrogen (secondary N) is 1. The lowest BCUT2D eigenvalue weighted by atomic mass is 10.2. The Morgan fingerprint density at radius 3 is 2.52 bits per heavy atom. The first kappa shape index (κ1) is 18.5. The van der Waals surface area contributed by atoms with Crippen LogP contribution in [-0.2, 0) is 22.7 Å². The number of nitrogens with zero attached hydrogens (tertiary/aromatic N) is 3. The molecule has 2 aromatic rings. The van der Waals surface area contributed by atoms with Crippen LogP contribution in [0.3, 0.4) is 0 Å². The fourth-order valence-corrected chi connectivity index (χ4v) is 3.07. The van der Waals surface area contributed by atoms with Crippen LogP contribution in [0.4, 0.5) is 24.7 Å². The number of anilines is 1. The van der Waals surface area contributed by atoms with Crippen molar-refractivity contribution in [1.29, 1.82) is 0 Å². The number of halogens is 3. The maximum atomic E-state index is 12.7. The van der Waals surface area contributed by atoms with E-state index in [4.69, 9.17) is 0 Å². The molecular formula is C12H11F3N4O5S. The summed E-state index contributed by atoms with van der Waals surface area (Å²) in [7, 11) is -4.61. The van der Waals surface area contributed by atoms with E-state index in [1.54, 1.807) is 11.6 Å². The van der Waals surface area contributed by atoms with Crippen LogP contribution >= 0.6 is 0 Å². The Hall–Kier alpha value is -2.83. The Bertz CT molecular complexity index is 923. The van der Waals surface area contributed by atoms with Gasteiger partial charge in [0, 0.05) is 6.07 Å². The van der Waals surface area contributed by atoms with E-state index in [0.29, 0.717) is 12.1 Å². The highest BCUT2D eigenvalue weighted by Crippen LogP contribution is 2.34. The number of phenols is 1. The number of sulfonamides is 1. The van der Waals surface area contributed by atoms with E-state index in [1.807, 2.05) is 0 Å². The molecule has 0 fully saturated rings. The molecular weight excluding hydrogens is 369 g/mol. The van der Waals surface area contributed by atoms with E-state index in [2.05, 4.69) is 5.10 Å². The van der Waals surface area contributed by atoms with Gasteiger partial charge in [-0.05, 0) is 24.0 Å². The van der Waals surface area contributed by atoms with Gasteiger partial charge in [-0.15, -0.1) is 0 Å². The third kappa shape index (κ3) is 3.99. The zero-order valence-corrected chi connectivity index (χ0v) is 13.3. The lowest BCUT2D eigenvalue weighted by molar-refractivity contribution is -0.392. The molecule has 1 aromatic carbocycles. The van der Waals surface area contributed by atoms with E-state index in [-0.39, 0.29) is 6.54 Å². The number of alkyl halides is 3. The summed E-state index contributed by atoms with van der Waals surface area (Å²) in [6.45, 7) is 1.70. The van der Waals surface area contributed by atoms with Crippen molar-refractivity contribution in [1.82, 2.24) is 9.78 Å². The first-order chi connectivity index (χ1) is 11.4. The normalized spacial score (nSPS) is 12.2. The molecule has 0 aliphatic heterocycles. The van der Waals surface area contributed by atoms with Gasteiger partial charge in [0.2, 0.25) is 4.90 Å². The fourth-order valence-electron chi connectivity index (χ4n) is 1.91. The highest BCUT2D eigenvalue weighted by Gasteiger charge is 2.34. The number of nitro groups is 1. The number of hydrogen-bond acceptors (Lipinski definition) is 6. The quantitative estimate of drug-likeness (QED) is 0.605. The summed E-state index contributed by atoms with van der Waals surface area (Å²) in [4.78, 5) is 9.11. The molecule has 25 heavy (non-hydrogen) atoms. The topological polar surface area (TPSA) is 127 Å². The van der Waals surface area contributed by atoms with Crippen molar-refractivity contribution in [3.63, 3.8) is 0 Å². The zero-order chi connectivity index (χ0) is 19.0. The van der Waals surface area contributed by atoms with Gasteiger partial charge >= 0.3 is 12.0 Å². The van der Waals surface area contributed by atoms with Gasteiger partial charge in [0.15, 0.2) is 0 Å². The molecule has 0 saturated carbocycles. The molecule has 0 bridgehead atoms. The highest BCUT2D eigenvalue weighted by atomic mass is 32.2. The molecule has 0 amide bonds. The maximum Gasteiger partial charge on any atom is 0.416 e. The number of rotatable bonds is 5. The average Bonchev–Trinajstić information content (AvgIpc) is 2.90. The molecule has 1 aromatic heterocycles. The average molecular weight is 380 g/mol. The van der Waals surface area contributed by atoms with Crippen LogP contribution < -0.4 is 4.72 Å². The Labute approximate surface area is 138 Å². The van der Waals surface area contributed by atoms with Gasteiger partial charge in [0.05, 0.1) is 29.1 Å². The summed E-state index contributed by atoms with van der Waals surface area (Å²) in [5, 5.41) is 23.8. The molecule has 0 spiro atoms. The summed E-state index contributed by atoms with van der Waals surface area (Å²) in [5.41, 5.74) is -1.89. The van der Waals surface area contributed by atoms with Crippen LogP contribution in [0.5, 0.6) is 5.75 Å². The van der Waals surface area contributed by atoms with Crippen molar-refractivity contribution in [2.45, 2.75) is 24.5 Å². The first-order valence-electron chi connectivity index (χ1n) is 6.60. The van der Waals surface area contributed by atoms with Crippen LogP contribution in [0.15, 0.2) is 29.3 Å². The van der Waals surface area contributed by atoms with Crippen molar-refractivity contribution in [2.75, 3.05) is 4.72 Å². The van der Waals surface area contributed by atoms with E-state index in [1.165, 1.54) is 0 Å². The second kappa shape index (κ2) is 6.23. The van der Waals surface area contributed by atoms with E-state index in [9.17, 15) is 36.8 Å². The Balaban J connectivity index is 2.48. The largest absolute Gasteiger partial charge is 0.508 e. The summed E-state index contributed by atoms with van der Waals surface area (Å²) >= 11 is 0. The monoisotopic (exact) mass is 380 g/mol. The summed E-state index contributed by atoms with van der Waals surface area (Å²) in [5.74, 6) is -1.79. The SMILES string of the molecule is CCn1cc(S(=O)(=O)Nc2cc(O)cc(C(F)(F)F)c2)c([N+](=O)[O-])n1. The van der Waals surface area contributed by atoms with E-state index < -0.39 is 48.8 Å². The number of benzene rings is 1. The van der Waals surface area contributed by atoms with Crippen molar-refractivity contribution in [3.05, 3.63) is 40.1 Å². The van der Waals surface area contributed by atoms with Crippen LogP contribution in [0, 0.1) is 10.1 Å². The molecule has 1 heterocycles. The molecule has 0 unspecified atom stereocenters. The standard InChI is InChI=1S/C12H11F3N4O5S/c1-2-18-6-10(11(16-18)19(21)22)25(23,24)17-8-3-7(12(13,14)15)4-9(20)5-8/h3-6,17,20H,2H2,1H3. The molecule has 0 aliphatic carbocycles. The molecule has 13 heteroatoms. The fraction of sp³-hybridized carbons (Fsp3) is 0.250. The molecule has 9 nitrogen and oxygen atoms in total. The van der Waals surface area contributed by atoms with Crippen molar-refractivity contribution >= 4 is 21.5 Å². The predicted molar refractivity (Wildman–Crippen MR) is 78.5 cm³/mol. The van der Waals surface area contributed by atoms with Crippen LogP contribution in [0.1, 0.15) is 12.5 Å². The molecule has 0 aliphatic rings. The minimum atomic E-state index is -4.82. The summed E-state index contributed by atoms with van der Waals surface area (Å²) in [6.07, 6.45) is -3.94. The zero-order valence-electron chi connectivity index (χ0n) is 12.5. The Kier molecular flexibility index (Phi) is 4.61. The lowest BCUT2D eigenvalue weighted by Gasteiger charge is -2.11. The maximum absolute atomic E-state index is 12.7. The lowest BCUT2D eigenvalue weighted by Crippen LogP contribution is -2.15. The van der Waals surface area contributed by atoms with Crippen molar-refractivity contribution < 1.29 is 31.6 Å². The van der Waals surface area contributed by atoms with Crippen LogP contribution in [0.2, 0.25) is 0 Å². The third-order valence-corrected chi connectivity index (χ3v) is 4.37. The van der Waals surface area contributed by atoms with Gasteiger partial charge in [-0.3, -0.25) is 4.72 Å². The smallest absolute Gasteiger partial charge is 0.416 e. The van der Waals surface area contributed by atoms with Gasteiger partial charge < -0.3 is 15.2 Å². The van der Waals surface area contributed by atoms with E-state index >= 15 is 0 Å². The predicted octanol–water partition coefficient (Wildman–Crippen LogP) is 2.34. The third-order valence-electron chi connectivity index (χ3n) is 2.99. The Morgan fingerprint density at radius 1 is 1.36 bits per heavy atom. The number of phenolic OH excluding ortho intramolecular Hbond substituents is 1. The second-order valence-corrected chi connectivity index (χ2v) is 6.45. The summed E-state index contributed by atoms with van der Waals surface area (Å²) < 4.78 is 65.6. The molecule has 0 saturated heterocycles. The molecule has 2 N–H and O–H groups in total. The minimum absolute atomic E-state index is 0.140. The summed E-state index contributed by atoms with van der Waals surface area (Å²) in [6, 6.07) is 1.60. The van der Waals surface area contributed by atoms with Crippen LogP contribution in [-0.4, -0.2) is 28.2 Å².